The molecule has 1 amide bonds. The maximum absolute atomic E-state index is 15.6. The summed E-state index contributed by atoms with van der Waals surface area (Å²) in [6.07, 6.45) is 0. The van der Waals surface area contributed by atoms with E-state index in [0.29, 0.717) is 38.8 Å². The van der Waals surface area contributed by atoms with Gasteiger partial charge in [-0.15, -0.1) is 0 Å². The first-order valence-corrected chi connectivity index (χ1v) is 18.4. The molecule has 0 unspecified atom stereocenters. The number of rotatable bonds is 13. The molecule has 5 rings (SSSR count). The predicted molar refractivity (Wildman–Crippen MR) is 188 cm³/mol. The van der Waals surface area contributed by atoms with E-state index >= 15 is 8.78 Å². The van der Waals surface area contributed by atoms with Crippen molar-refractivity contribution in [2.75, 3.05) is 20.3 Å². The van der Waals surface area contributed by atoms with Crippen LogP contribution in [0.3, 0.4) is 0 Å². The summed E-state index contributed by atoms with van der Waals surface area (Å²) in [6, 6.07) is 26.2. The maximum Gasteiger partial charge on any atom is 0.404 e. The predicted octanol–water partition coefficient (Wildman–Crippen LogP) is 9.06. The van der Waals surface area contributed by atoms with Crippen molar-refractivity contribution in [1.29, 1.82) is 0 Å². The molecule has 0 saturated carbocycles. The molecule has 0 saturated heterocycles. The maximum atomic E-state index is 15.6. The highest BCUT2D eigenvalue weighted by atomic mass is 79.9. The largest absolute Gasteiger partial charge is 0.465 e. The third-order valence-corrected chi connectivity index (χ3v) is 10.8. The zero-order valence-electron chi connectivity index (χ0n) is 27.0. The van der Waals surface area contributed by atoms with Crippen LogP contribution >= 0.6 is 34.9 Å². The molecule has 1 aromatic heterocycles. The fourth-order valence-electron chi connectivity index (χ4n) is 4.74. The Morgan fingerprint density at radius 2 is 1.56 bits per heavy atom. The average molecular weight is 787 g/mol. The Kier molecular flexibility index (Phi) is 11.9. The molecule has 50 heavy (non-hydrogen) atoms. The number of alkyl halides is 2. The van der Waals surface area contributed by atoms with E-state index in [1.807, 2.05) is 6.07 Å². The summed E-state index contributed by atoms with van der Waals surface area (Å²) in [5, 5.41) is 5.23. The number of carbonyl (C=O) groups excluding carboxylic acids is 2. The second-order valence-corrected chi connectivity index (χ2v) is 14.4. The number of methoxy groups -OCH3 is 1. The molecule has 0 spiro atoms. The Balaban J connectivity index is 1.50. The second kappa shape index (κ2) is 16.1. The number of amides is 1. The lowest BCUT2D eigenvalue weighted by atomic mass is 10.1. The van der Waals surface area contributed by atoms with Crippen molar-refractivity contribution in [3.05, 3.63) is 129 Å². The summed E-state index contributed by atoms with van der Waals surface area (Å²) in [5.74, 6) is -0.107. The Morgan fingerprint density at radius 3 is 2.22 bits per heavy atom. The van der Waals surface area contributed by atoms with Gasteiger partial charge in [0.25, 0.3) is 5.91 Å². The number of halogens is 3. The van der Waals surface area contributed by atoms with Crippen LogP contribution in [0, 0.1) is 0 Å². The smallest absolute Gasteiger partial charge is 0.404 e. The molecule has 260 valence electrons. The van der Waals surface area contributed by atoms with Gasteiger partial charge < -0.3 is 18.5 Å². The third kappa shape index (κ3) is 8.34. The SMILES string of the molecule is CCOP(=O)(OCC)C(F)(F)c1ccc(Cn2nc(-c3cccc(Oc4cccc(C(=O)OC)c4)c3)sc2=NC(=O)c2ccccc2)cc1Br. The summed E-state index contributed by atoms with van der Waals surface area (Å²) in [6.45, 7) is 2.51. The van der Waals surface area contributed by atoms with E-state index in [0.717, 1.165) is 17.4 Å². The molecule has 4 aromatic carbocycles. The van der Waals surface area contributed by atoms with Crippen molar-refractivity contribution in [3.63, 3.8) is 0 Å². The van der Waals surface area contributed by atoms with Crippen molar-refractivity contribution < 1.29 is 41.5 Å². The number of hydrogen-bond acceptors (Lipinski definition) is 9. The van der Waals surface area contributed by atoms with Crippen molar-refractivity contribution in [3.8, 4) is 22.1 Å². The molecule has 0 aliphatic carbocycles. The highest BCUT2D eigenvalue weighted by molar-refractivity contribution is 9.10. The summed E-state index contributed by atoms with van der Waals surface area (Å²) < 4.78 is 66.3. The van der Waals surface area contributed by atoms with Gasteiger partial charge in [-0.3, -0.25) is 9.36 Å². The topological polar surface area (TPSA) is 118 Å². The number of esters is 1. The molecule has 0 aliphatic heterocycles. The van der Waals surface area contributed by atoms with Crippen LogP contribution in [0.15, 0.2) is 107 Å². The van der Waals surface area contributed by atoms with Crippen molar-refractivity contribution >= 4 is 46.7 Å². The fraction of sp³-hybridized carbons (Fsp3) is 0.200. The zero-order chi connectivity index (χ0) is 35.9. The molecule has 0 bridgehead atoms. The van der Waals surface area contributed by atoms with E-state index < -0.39 is 30.7 Å². The summed E-state index contributed by atoms with van der Waals surface area (Å²) in [5.41, 5.74) is -2.61. The van der Waals surface area contributed by atoms with Gasteiger partial charge in [0.2, 0.25) is 4.80 Å². The normalized spacial score (nSPS) is 12.2. The first kappa shape index (κ1) is 36.9. The van der Waals surface area contributed by atoms with E-state index in [2.05, 4.69) is 20.9 Å². The van der Waals surface area contributed by atoms with Gasteiger partial charge in [-0.05, 0) is 67.9 Å². The van der Waals surface area contributed by atoms with E-state index in [4.69, 9.17) is 23.6 Å². The van der Waals surface area contributed by atoms with Gasteiger partial charge in [0, 0.05) is 21.2 Å². The summed E-state index contributed by atoms with van der Waals surface area (Å²) in [4.78, 5) is 29.7. The van der Waals surface area contributed by atoms with E-state index in [1.54, 1.807) is 72.8 Å². The first-order chi connectivity index (χ1) is 24.0. The minimum atomic E-state index is -4.83. The van der Waals surface area contributed by atoms with Crippen LogP contribution in [0.2, 0.25) is 0 Å². The van der Waals surface area contributed by atoms with E-state index in [-0.39, 0.29) is 29.0 Å². The number of nitrogens with zero attached hydrogens (tertiary/aromatic N) is 3. The fourth-order valence-corrected chi connectivity index (χ4v) is 8.03. The summed E-state index contributed by atoms with van der Waals surface area (Å²) in [7, 11) is -3.54. The number of benzene rings is 4. The second-order valence-electron chi connectivity index (χ2n) is 10.5. The quantitative estimate of drug-likeness (QED) is 0.0858. The molecular weight excluding hydrogens is 755 g/mol. The van der Waals surface area contributed by atoms with Crippen molar-refractivity contribution in [1.82, 2.24) is 9.78 Å². The van der Waals surface area contributed by atoms with Gasteiger partial charge >= 0.3 is 19.2 Å². The van der Waals surface area contributed by atoms with E-state index in [9.17, 15) is 14.2 Å². The molecule has 0 N–H and O–H groups in total. The number of aromatic nitrogens is 2. The number of hydrogen-bond donors (Lipinski definition) is 0. The monoisotopic (exact) mass is 785 g/mol. The Labute approximate surface area is 299 Å². The third-order valence-electron chi connectivity index (χ3n) is 7.04. The molecule has 0 aliphatic rings. The molecule has 5 aromatic rings. The molecular formula is C35H31BrF2N3O7PS. The lowest BCUT2D eigenvalue weighted by Gasteiger charge is -2.26. The van der Waals surface area contributed by atoms with E-state index in [1.165, 1.54) is 37.8 Å². The average Bonchev–Trinajstić information content (AvgIpc) is 3.50. The van der Waals surface area contributed by atoms with Gasteiger partial charge in [0.15, 0.2) is 0 Å². The van der Waals surface area contributed by atoms with Crippen LogP contribution in [0.25, 0.3) is 10.6 Å². The first-order valence-electron chi connectivity index (χ1n) is 15.2. The van der Waals surface area contributed by atoms with Gasteiger partial charge in [-0.25, -0.2) is 9.48 Å². The Morgan fingerprint density at radius 1 is 0.900 bits per heavy atom. The lowest BCUT2D eigenvalue weighted by molar-refractivity contribution is 0.0354. The van der Waals surface area contributed by atoms with Crippen LogP contribution in [-0.4, -0.2) is 42.0 Å². The minimum absolute atomic E-state index is 0.0179. The standard InChI is InChI=1S/C35H31BrF2N3O7PS/c1-4-46-49(44,47-5-2)35(37,38)29-18-17-23(19-30(29)36)22-41-34(39-31(42)24-11-7-6-8-12-24)50-32(40-41)25-13-9-15-27(20-25)48-28-16-10-14-26(21-28)33(43)45-3/h6-21H,4-5,22H2,1-3H3. The zero-order valence-corrected chi connectivity index (χ0v) is 30.3. The lowest BCUT2D eigenvalue weighted by Crippen LogP contribution is -2.20. The van der Waals surface area contributed by atoms with Gasteiger partial charge in [-0.2, -0.15) is 18.9 Å². The molecule has 0 radical (unpaired) electrons. The van der Waals surface area contributed by atoms with Crippen molar-refractivity contribution in [2.24, 2.45) is 4.99 Å². The summed E-state index contributed by atoms with van der Waals surface area (Å²) >= 11 is 4.37. The highest BCUT2D eigenvalue weighted by Gasteiger charge is 2.55. The van der Waals surface area contributed by atoms with Crippen LogP contribution in [-0.2, 0) is 30.6 Å². The van der Waals surface area contributed by atoms with Crippen molar-refractivity contribution in [2.45, 2.75) is 26.1 Å². The number of carbonyl (C=O) groups is 2. The minimum Gasteiger partial charge on any atom is -0.465 e. The van der Waals surface area contributed by atoms with Gasteiger partial charge in [-0.1, -0.05) is 75.8 Å². The van der Waals surface area contributed by atoms with Gasteiger partial charge in [0.05, 0.1) is 32.4 Å². The van der Waals surface area contributed by atoms with Crippen LogP contribution < -0.4 is 9.54 Å². The molecule has 0 fully saturated rings. The molecule has 10 nitrogen and oxygen atoms in total. The molecule has 0 atom stereocenters. The Bertz CT molecular complexity index is 2110. The molecule has 15 heteroatoms. The van der Waals surface area contributed by atoms with Gasteiger partial charge in [0.1, 0.15) is 16.5 Å². The highest BCUT2D eigenvalue weighted by Crippen LogP contribution is 2.67. The molecule has 1 heterocycles. The Hall–Kier alpha value is -4.33. The van der Waals surface area contributed by atoms with Crippen LogP contribution in [0.1, 0.15) is 45.7 Å². The number of ether oxygens (including phenoxy) is 2. The van der Waals surface area contributed by atoms with Crippen LogP contribution in [0.5, 0.6) is 11.5 Å². The van der Waals surface area contributed by atoms with Crippen LogP contribution in [0.4, 0.5) is 8.78 Å².